The molecular formula is C25H48. The summed E-state index contributed by atoms with van der Waals surface area (Å²) in [6.07, 6.45) is 30.6. The van der Waals surface area contributed by atoms with Crippen LogP contribution in [0.25, 0.3) is 0 Å². The molecule has 2 radical (unpaired) electrons. The summed E-state index contributed by atoms with van der Waals surface area (Å²) in [5.41, 5.74) is 0. The molecule has 0 aliphatic rings. The van der Waals surface area contributed by atoms with Crippen LogP contribution >= 0.6 is 0 Å². The van der Waals surface area contributed by atoms with E-state index in [-0.39, 0.29) is 0 Å². The van der Waals surface area contributed by atoms with Crippen LogP contribution in [-0.2, 0) is 0 Å². The molecule has 0 nitrogen and oxygen atoms in total. The fourth-order valence-corrected chi connectivity index (χ4v) is 3.59. The predicted octanol–water partition coefficient (Wildman–Crippen LogP) is 9.26. The maximum atomic E-state index is 3.92. The Labute approximate surface area is 161 Å². The zero-order valence-corrected chi connectivity index (χ0v) is 17.6. The first-order valence-electron chi connectivity index (χ1n) is 11.6. The third kappa shape index (κ3) is 19.9. The average molecular weight is 349 g/mol. The quantitative estimate of drug-likeness (QED) is 0.152. The lowest BCUT2D eigenvalue weighted by atomic mass is 9.92. The highest BCUT2D eigenvalue weighted by Crippen LogP contribution is 2.21. The van der Waals surface area contributed by atoms with E-state index < -0.39 is 0 Å². The van der Waals surface area contributed by atoms with Crippen molar-refractivity contribution < 1.29 is 0 Å². The van der Waals surface area contributed by atoms with Gasteiger partial charge in [-0.05, 0) is 31.6 Å². The van der Waals surface area contributed by atoms with Crippen molar-refractivity contribution >= 4 is 0 Å². The van der Waals surface area contributed by atoms with Crippen LogP contribution < -0.4 is 0 Å². The molecule has 0 aromatic carbocycles. The SMILES string of the molecule is [CH2]CCCCC=CCCCCCCCC(CC)CCCCCCC[CH2]. The molecule has 0 aliphatic heterocycles. The Morgan fingerprint density at radius 1 is 0.560 bits per heavy atom. The van der Waals surface area contributed by atoms with Crippen molar-refractivity contribution in [1.29, 1.82) is 0 Å². The molecule has 0 fully saturated rings. The smallest absolute Gasteiger partial charge is 0.0351 e. The largest absolute Gasteiger partial charge is 0.0885 e. The van der Waals surface area contributed by atoms with Gasteiger partial charge in [-0.1, -0.05) is 129 Å². The van der Waals surface area contributed by atoms with E-state index in [1.165, 1.54) is 109 Å². The molecule has 0 heterocycles. The van der Waals surface area contributed by atoms with Gasteiger partial charge in [-0.3, -0.25) is 0 Å². The molecule has 148 valence electrons. The highest BCUT2D eigenvalue weighted by molar-refractivity contribution is 4.81. The summed E-state index contributed by atoms with van der Waals surface area (Å²) in [6, 6.07) is 0. The topological polar surface area (TPSA) is 0 Å². The van der Waals surface area contributed by atoms with Crippen molar-refractivity contribution in [3.05, 3.63) is 26.0 Å². The zero-order valence-electron chi connectivity index (χ0n) is 17.6. The third-order valence-electron chi connectivity index (χ3n) is 5.46. The summed E-state index contributed by atoms with van der Waals surface area (Å²) >= 11 is 0. The third-order valence-corrected chi connectivity index (χ3v) is 5.46. The second-order valence-corrected chi connectivity index (χ2v) is 7.85. The molecular weight excluding hydrogens is 300 g/mol. The van der Waals surface area contributed by atoms with Gasteiger partial charge in [0.1, 0.15) is 0 Å². The molecule has 0 N–H and O–H groups in total. The number of rotatable bonds is 20. The lowest BCUT2D eigenvalue weighted by molar-refractivity contribution is 0.393. The normalized spacial score (nSPS) is 12.9. The fourth-order valence-electron chi connectivity index (χ4n) is 3.59. The Bertz CT molecular complexity index is 253. The van der Waals surface area contributed by atoms with Crippen LogP contribution in [0.3, 0.4) is 0 Å². The maximum Gasteiger partial charge on any atom is -0.0351 e. The maximum absolute atomic E-state index is 3.92. The minimum absolute atomic E-state index is 0.995. The number of hydrogen-bond donors (Lipinski definition) is 0. The van der Waals surface area contributed by atoms with Crippen LogP contribution in [-0.4, -0.2) is 0 Å². The molecule has 0 aliphatic carbocycles. The molecule has 0 saturated heterocycles. The second kappa shape index (κ2) is 21.8. The van der Waals surface area contributed by atoms with Crippen molar-refractivity contribution in [2.24, 2.45) is 5.92 Å². The molecule has 1 atom stereocenters. The predicted molar refractivity (Wildman–Crippen MR) is 117 cm³/mol. The van der Waals surface area contributed by atoms with Crippen molar-refractivity contribution in [3.63, 3.8) is 0 Å². The van der Waals surface area contributed by atoms with Crippen LogP contribution in [0.15, 0.2) is 12.2 Å². The number of hydrogen-bond acceptors (Lipinski definition) is 0. The Kier molecular flexibility index (Phi) is 21.6. The van der Waals surface area contributed by atoms with Crippen molar-refractivity contribution in [2.45, 2.75) is 129 Å². The lowest BCUT2D eigenvalue weighted by Gasteiger charge is -2.14. The summed E-state index contributed by atoms with van der Waals surface area (Å²) in [7, 11) is 0. The Morgan fingerprint density at radius 2 is 0.960 bits per heavy atom. The van der Waals surface area contributed by atoms with Crippen LogP contribution in [0.2, 0.25) is 0 Å². The molecule has 0 spiro atoms. The van der Waals surface area contributed by atoms with Crippen LogP contribution in [0.5, 0.6) is 0 Å². The average Bonchev–Trinajstić information content (AvgIpc) is 2.63. The molecule has 0 aromatic rings. The van der Waals surface area contributed by atoms with Gasteiger partial charge in [-0.15, -0.1) is 0 Å². The van der Waals surface area contributed by atoms with Crippen molar-refractivity contribution in [2.75, 3.05) is 0 Å². The first-order valence-corrected chi connectivity index (χ1v) is 11.6. The monoisotopic (exact) mass is 348 g/mol. The zero-order chi connectivity index (χ0) is 18.4. The van der Waals surface area contributed by atoms with E-state index in [9.17, 15) is 0 Å². The highest BCUT2D eigenvalue weighted by atomic mass is 14.1. The van der Waals surface area contributed by atoms with Gasteiger partial charge in [0.25, 0.3) is 0 Å². The van der Waals surface area contributed by atoms with Gasteiger partial charge in [0.15, 0.2) is 0 Å². The van der Waals surface area contributed by atoms with Crippen molar-refractivity contribution in [1.82, 2.24) is 0 Å². The van der Waals surface area contributed by atoms with E-state index in [0.29, 0.717) is 0 Å². The van der Waals surface area contributed by atoms with E-state index in [0.717, 1.165) is 18.8 Å². The molecule has 0 aromatic heterocycles. The van der Waals surface area contributed by atoms with E-state index in [2.05, 4.69) is 32.9 Å². The second-order valence-electron chi connectivity index (χ2n) is 7.85. The van der Waals surface area contributed by atoms with E-state index >= 15 is 0 Å². The molecule has 1 unspecified atom stereocenters. The molecule has 0 rings (SSSR count). The lowest BCUT2D eigenvalue weighted by Crippen LogP contribution is -1.99. The summed E-state index contributed by atoms with van der Waals surface area (Å²) in [5, 5.41) is 0. The molecule has 0 heteroatoms. The van der Waals surface area contributed by atoms with Gasteiger partial charge in [-0.2, -0.15) is 0 Å². The van der Waals surface area contributed by atoms with Crippen LogP contribution in [0, 0.1) is 19.8 Å². The minimum atomic E-state index is 0.995. The Balaban J connectivity index is 3.32. The van der Waals surface area contributed by atoms with Crippen LogP contribution in [0.1, 0.15) is 129 Å². The van der Waals surface area contributed by atoms with Gasteiger partial charge < -0.3 is 0 Å². The Morgan fingerprint density at radius 3 is 1.48 bits per heavy atom. The van der Waals surface area contributed by atoms with Gasteiger partial charge in [0.2, 0.25) is 0 Å². The summed E-state index contributed by atoms with van der Waals surface area (Å²) in [6.45, 7) is 10.2. The summed E-state index contributed by atoms with van der Waals surface area (Å²) in [5.74, 6) is 0.995. The van der Waals surface area contributed by atoms with E-state index in [1.54, 1.807) is 0 Å². The first-order chi connectivity index (χ1) is 12.3. The number of unbranched alkanes of at least 4 members (excludes halogenated alkanes) is 13. The fraction of sp³-hybridized carbons (Fsp3) is 0.840. The molecule has 0 saturated carbocycles. The summed E-state index contributed by atoms with van der Waals surface area (Å²) in [4.78, 5) is 0. The van der Waals surface area contributed by atoms with Gasteiger partial charge >= 0.3 is 0 Å². The highest BCUT2D eigenvalue weighted by Gasteiger charge is 2.05. The first kappa shape index (κ1) is 24.7. The van der Waals surface area contributed by atoms with Gasteiger partial charge in [0, 0.05) is 0 Å². The Hall–Kier alpha value is -0.260. The molecule has 25 heavy (non-hydrogen) atoms. The standard InChI is InChI=1S/C25H48/c1-4-7-9-11-13-14-15-16-17-18-20-22-24-25(6-3)23-21-19-12-10-8-5-2/h13-14,25H,1-2,4-12,15-24H2,3H3. The van der Waals surface area contributed by atoms with E-state index in [4.69, 9.17) is 0 Å². The van der Waals surface area contributed by atoms with E-state index in [1.807, 2.05) is 0 Å². The van der Waals surface area contributed by atoms with Crippen molar-refractivity contribution in [3.8, 4) is 0 Å². The van der Waals surface area contributed by atoms with Gasteiger partial charge in [-0.25, -0.2) is 0 Å². The van der Waals surface area contributed by atoms with Crippen LogP contribution in [0.4, 0.5) is 0 Å². The minimum Gasteiger partial charge on any atom is -0.0885 e. The molecule has 0 amide bonds. The number of allylic oxidation sites excluding steroid dienone is 2. The molecule has 0 bridgehead atoms. The summed E-state index contributed by atoms with van der Waals surface area (Å²) < 4.78 is 0. The van der Waals surface area contributed by atoms with Gasteiger partial charge in [0.05, 0.1) is 0 Å².